The molecule has 19 heavy (non-hydrogen) atoms. The molecule has 6 nitrogen and oxygen atoms in total. The number of rotatable bonds is 2. The van der Waals surface area contributed by atoms with Gasteiger partial charge in [-0.25, -0.2) is 4.79 Å². The summed E-state index contributed by atoms with van der Waals surface area (Å²) in [7, 11) is 0. The number of likely N-dealkylation sites (tertiary alicyclic amines) is 2. The molecule has 1 N–H and O–H groups in total. The maximum Gasteiger partial charge on any atom is 0.317 e. The van der Waals surface area contributed by atoms with Crippen molar-refractivity contribution in [3.63, 3.8) is 0 Å². The lowest BCUT2D eigenvalue weighted by Gasteiger charge is -2.36. The molecule has 2 saturated heterocycles. The molecule has 0 radical (unpaired) electrons. The van der Waals surface area contributed by atoms with Crippen LogP contribution in [0.4, 0.5) is 4.79 Å². The Morgan fingerprint density at radius 3 is 2.16 bits per heavy atom. The summed E-state index contributed by atoms with van der Waals surface area (Å²) in [5.41, 5.74) is 0. The van der Waals surface area contributed by atoms with E-state index in [4.69, 9.17) is 0 Å². The van der Waals surface area contributed by atoms with Crippen molar-refractivity contribution in [3.05, 3.63) is 0 Å². The van der Waals surface area contributed by atoms with E-state index in [1.165, 1.54) is 4.90 Å². The summed E-state index contributed by atoms with van der Waals surface area (Å²) in [5.74, 6) is -0.120. The van der Waals surface area contributed by atoms with Crippen molar-refractivity contribution in [2.75, 3.05) is 13.1 Å². The topological polar surface area (TPSA) is 69.7 Å². The van der Waals surface area contributed by atoms with Crippen LogP contribution in [0.3, 0.4) is 0 Å². The SMILES string of the molecule is CC(C)NC(=O)N1CCC(N2C(=O)CCC2=O)CC1. The Bertz CT molecular complexity index is 371. The van der Waals surface area contributed by atoms with Crippen molar-refractivity contribution in [2.24, 2.45) is 0 Å². The largest absolute Gasteiger partial charge is 0.336 e. The first-order valence-electron chi connectivity index (χ1n) is 6.89. The summed E-state index contributed by atoms with van der Waals surface area (Å²) >= 11 is 0. The Hall–Kier alpha value is -1.59. The van der Waals surface area contributed by atoms with Crippen LogP contribution in [0.2, 0.25) is 0 Å². The quantitative estimate of drug-likeness (QED) is 0.749. The molecule has 2 aliphatic rings. The highest BCUT2D eigenvalue weighted by atomic mass is 16.2. The van der Waals surface area contributed by atoms with Crippen LogP contribution >= 0.6 is 0 Å². The molecule has 2 fully saturated rings. The molecule has 6 heteroatoms. The molecule has 0 atom stereocenters. The highest BCUT2D eigenvalue weighted by Crippen LogP contribution is 2.23. The van der Waals surface area contributed by atoms with Gasteiger partial charge in [-0.15, -0.1) is 0 Å². The molecule has 0 aliphatic carbocycles. The van der Waals surface area contributed by atoms with Gasteiger partial charge in [0.1, 0.15) is 0 Å². The fourth-order valence-electron chi connectivity index (χ4n) is 2.67. The zero-order chi connectivity index (χ0) is 14.0. The molecule has 0 spiro atoms. The van der Waals surface area contributed by atoms with Gasteiger partial charge in [-0.1, -0.05) is 0 Å². The second-order valence-corrected chi connectivity index (χ2v) is 5.48. The van der Waals surface area contributed by atoms with Crippen LogP contribution in [0.25, 0.3) is 0 Å². The van der Waals surface area contributed by atoms with Gasteiger partial charge in [0.05, 0.1) is 0 Å². The summed E-state index contributed by atoms with van der Waals surface area (Å²) in [6.45, 7) is 5.04. The first-order chi connectivity index (χ1) is 8.99. The molecule has 0 aromatic heterocycles. The summed E-state index contributed by atoms with van der Waals surface area (Å²) in [4.78, 5) is 38.3. The highest BCUT2D eigenvalue weighted by Gasteiger charge is 2.37. The van der Waals surface area contributed by atoms with Gasteiger partial charge in [0.25, 0.3) is 0 Å². The van der Waals surface area contributed by atoms with Crippen molar-refractivity contribution in [2.45, 2.75) is 51.6 Å². The predicted molar refractivity (Wildman–Crippen MR) is 69.3 cm³/mol. The van der Waals surface area contributed by atoms with Crippen LogP contribution < -0.4 is 5.32 Å². The number of imide groups is 1. The monoisotopic (exact) mass is 267 g/mol. The van der Waals surface area contributed by atoms with Crippen LogP contribution in [-0.2, 0) is 9.59 Å². The number of urea groups is 1. The van der Waals surface area contributed by atoms with Crippen molar-refractivity contribution in [1.82, 2.24) is 15.1 Å². The van der Waals surface area contributed by atoms with E-state index in [2.05, 4.69) is 5.32 Å². The van der Waals surface area contributed by atoms with Gasteiger partial charge in [-0.05, 0) is 26.7 Å². The molecule has 0 bridgehead atoms. The molecule has 0 aromatic rings. The predicted octanol–water partition coefficient (Wildman–Crippen LogP) is 0.718. The Morgan fingerprint density at radius 2 is 1.68 bits per heavy atom. The summed E-state index contributed by atoms with van der Waals surface area (Å²) in [6.07, 6.45) is 2.05. The van der Waals surface area contributed by atoms with E-state index in [0.717, 1.165) is 0 Å². The number of nitrogens with one attached hydrogen (secondary N) is 1. The molecule has 106 valence electrons. The number of hydrogen-bond donors (Lipinski definition) is 1. The Labute approximate surface area is 113 Å². The average Bonchev–Trinajstić information content (AvgIpc) is 2.68. The van der Waals surface area contributed by atoms with Gasteiger partial charge in [0.2, 0.25) is 11.8 Å². The van der Waals surface area contributed by atoms with Gasteiger partial charge in [-0.3, -0.25) is 14.5 Å². The zero-order valence-corrected chi connectivity index (χ0v) is 11.5. The van der Waals surface area contributed by atoms with Crippen LogP contribution in [0, 0.1) is 0 Å². The Morgan fingerprint density at radius 1 is 1.16 bits per heavy atom. The van der Waals surface area contributed by atoms with E-state index in [1.54, 1.807) is 4.90 Å². The van der Waals surface area contributed by atoms with Crippen LogP contribution in [-0.4, -0.2) is 52.8 Å². The highest BCUT2D eigenvalue weighted by molar-refractivity contribution is 6.02. The fourth-order valence-corrected chi connectivity index (χ4v) is 2.67. The van der Waals surface area contributed by atoms with E-state index in [-0.39, 0.29) is 29.9 Å². The minimum Gasteiger partial charge on any atom is -0.336 e. The third-order valence-electron chi connectivity index (χ3n) is 3.62. The summed E-state index contributed by atoms with van der Waals surface area (Å²) in [5, 5.41) is 2.85. The maximum absolute atomic E-state index is 11.8. The molecule has 0 unspecified atom stereocenters. The fraction of sp³-hybridized carbons (Fsp3) is 0.769. The normalized spacial score (nSPS) is 21.4. The van der Waals surface area contributed by atoms with E-state index in [0.29, 0.717) is 38.8 Å². The lowest BCUT2D eigenvalue weighted by molar-refractivity contribution is -0.141. The molecular weight excluding hydrogens is 246 g/mol. The van der Waals surface area contributed by atoms with Crippen molar-refractivity contribution < 1.29 is 14.4 Å². The van der Waals surface area contributed by atoms with Crippen molar-refractivity contribution in [1.29, 1.82) is 0 Å². The molecule has 2 heterocycles. The molecule has 0 saturated carbocycles. The Kier molecular flexibility index (Phi) is 4.07. The maximum atomic E-state index is 11.8. The van der Waals surface area contributed by atoms with Crippen LogP contribution in [0.5, 0.6) is 0 Å². The van der Waals surface area contributed by atoms with E-state index in [9.17, 15) is 14.4 Å². The van der Waals surface area contributed by atoms with Gasteiger partial charge in [0.15, 0.2) is 0 Å². The third kappa shape index (κ3) is 3.05. The average molecular weight is 267 g/mol. The minimum atomic E-state index is -0.0625. The lowest BCUT2D eigenvalue weighted by atomic mass is 10.0. The molecule has 0 aromatic carbocycles. The molecule has 2 rings (SSSR count). The smallest absolute Gasteiger partial charge is 0.317 e. The number of hydrogen-bond acceptors (Lipinski definition) is 3. The van der Waals surface area contributed by atoms with E-state index in [1.807, 2.05) is 13.8 Å². The number of piperidine rings is 1. The van der Waals surface area contributed by atoms with E-state index < -0.39 is 0 Å². The standard InChI is InChI=1S/C13H21N3O3/c1-9(2)14-13(19)15-7-5-10(6-8-15)16-11(17)3-4-12(16)18/h9-10H,3-8H2,1-2H3,(H,14,19). The molecule has 4 amide bonds. The number of carbonyl (C=O) groups excluding carboxylic acids is 3. The van der Waals surface area contributed by atoms with Crippen LogP contribution in [0.15, 0.2) is 0 Å². The number of amides is 4. The minimum absolute atomic E-state index is 0.0226. The second-order valence-electron chi connectivity index (χ2n) is 5.48. The van der Waals surface area contributed by atoms with Crippen molar-refractivity contribution in [3.8, 4) is 0 Å². The van der Waals surface area contributed by atoms with Gasteiger partial charge in [0, 0.05) is 38.0 Å². The first-order valence-corrected chi connectivity index (χ1v) is 6.89. The van der Waals surface area contributed by atoms with Crippen LogP contribution in [0.1, 0.15) is 39.5 Å². The lowest BCUT2D eigenvalue weighted by Crippen LogP contribution is -2.51. The van der Waals surface area contributed by atoms with E-state index >= 15 is 0 Å². The van der Waals surface area contributed by atoms with Gasteiger partial charge in [-0.2, -0.15) is 0 Å². The van der Waals surface area contributed by atoms with Crippen molar-refractivity contribution >= 4 is 17.8 Å². The van der Waals surface area contributed by atoms with Gasteiger partial charge >= 0.3 is 6.03 Å². The Balaban J connectivity index is 1.87. The summed E-state index contributed by atoms with van der Waals surface area (Å²) in [6, 6.07) is 0.0325. The first kappa shape index (κ1) is 13.8. The number of nitrogens with zero attached hydrogens (tertiary/aromatic N) is 2. The molecule has 2 aliphatic heterocycles. The zero-order valence-electron chi connectivity index (χ0n) is 11.5. The molecular formula is C13H21N3O3. The third-order valence-corrected chi connectivity index (χ3v) is 3.62. The second kappa shape index (κ2) is 5.59. The summed E-state index contributed by atoms with van der Waals surface area (Å²) < 4.78 is 0. The van der Waals surface area contributed by atoms with Gasteiger partial charge < -0.3 is 10.2 Å². The number of carbonyl (C=O) groups is 3.